The lowest BCUT2D eigenvalue weighted by molar-refractivity contribution is -0.185. The van der Waals surface area contributed by atoms with Crippen molar-refractivity contribution in [3.8, 4) is 5.75 Å². The van der Waals surface area contributed by atoms with E-state index in [1.54, 1.807) is 13.0 Å². The Balaban J connectivity index is 3.33. The van der Waals surface area contributed by atoms with Crippen LogP contribution < -0.4 is 4.74 Å². The van der Waals surface area contributed by atoms with Gasteiger partial charge in [0.25, 0.3) is 0 Å². The molecule has 7 nitrogen and oxygen atoms in total. The molecular weight excluding hydrogens is 292 g/mol. The summed E-state index contributed by atoms with van der Waals surface area (Å²) in [6.07, 6.45) is 0.860. The van der Waals surface area contributed by atoms with Gasteiger partial charge in [0.05, 0.1) is 0 Å². The summed E-state index contributed by atoms with van der Waals surface area (Å²) >= 11 is 0. The largest absolute Gasteiger partial charge is 0.481 e. The number of carbonyl (C=O) groups is 3. The second-order valence-electron chi connectivity index (χ2n) is 4.79. The molecule has 0 saturated carbocycles. The van der Waals surface area contributed by atoms with Crippen LogP contribution in [0.25, 0.3) is 0 Å². The lowest BCUT2D eigenvalue weighted by Crippen LogP contribution is -2.59. The molecule has 22 heavy (non-hydrogen) atoms. The van der Waals surface area contributed by atoms with E-state index in [4.69, 9.17) is 4.74 Å². The van der Waals surface area contributed by atoms with Gasteiger partial charge in [-0.1, -0.05) is 38.0 Å². The predicted octanol–water partition coefficient (Wildman–Crippen LogP) is 1.86. The van der Waals surface area contributed by atoms with E-state index in [1.165, 1.54) is 24.3 Å². The maximum atomic E-state index is 11.6. The summed E-state index contributed by atoms with van der Waals surface area (Å²) in [5.74, 6) is -6.92. The molecule has 1 rings (SSSR count). The Hall–Kier alpha value is -2.57. The second kappa shape index (κ2) is 7.44. The molecule has 0 bridgehead atoms. The van der Waals surface area contributed by atoms with E-state index in [2.05, 4.69) is 0 Å². The van der Waals surface area contributed by atoms with E-state index in [-0.39, 0.29) is 12.2 Å². The van der Waals surface area contributed by atoms with Crippen molar-refractivity contribution in [3.63, 3.8) is 0 Å². The lowest BCUT2D eigenvalue weighted by Gasteiger charge is -2.31. The third-order valence-electron chi connectivity index (χ3n) is 3.29. The monoisotopic (exact) mass is 310 g/mol. The van der Waals surface area contributed by atoms with Gasteiger partial charge < -0.3 is 20.1 Å². The molecule has 0 saturated heterocycles. The predicted molar refractivity (Wildman–Crippen MR) is 75.7 cm³/mol. The molecule has 1 unspecified atom stereocenters. The van der Waals surface area contributed by atoms with Crippen LogP contribution in [-0.2, 0) is 14.4 Å². The number of para-hydroxylation sites is 1. The minimum absolute atomic E-state index is 0.0185. The zero-order valence-corrected chi connectivity index (χ0v) is 12.1. The zero-order valence-electron chi connectivity index (χ0n) is 12.1. The third kappa shape index (κ3) is 3.55. The molecule has 0 aliphatic carbocycles. The number of rotatable bonds is 9. The standard InChI is InChI=1S/C15H18O7/c1-2-3-9-11(12(16)17)15(13(18)19,14(20)21)22-10-7-5-4-6-8-10/h4-8,11H,2-3,9H2,1H3,(H,16,17)(H,18,19)(H,20,21). The number of carboxylic acids is 3. The van der Waals surface area contributed by atoms with Gasteiger partial charge in [-0.3, -0.25) is 4.79 Å². The van der Waals surface area contributed by atoms with E-state index >= 15 is 0 Å². The molecular formula is C15H18O7. The minimum Gasteiger partial charge on any atom is -0.481 e. The maximum absolute atomic E-state index is 11.6. The number of benzene rings is 1. The topological polar surface area (TPSA) is 121 Å². The van der Waals surface area contributed by atoms with Crippen molar-refractivity contribution >= 4 is 17.9 Å². The highest BCUT2D eigenvalue weighted by atomic mass is 16.6. The Morgan fingerprint density at radius 3 is 2.05 bits per heavy atom. The molecule has 0 aromatic heterocycles. The number of unbranched alkanes of at least 4 members (excludes halogenated alkanes) is 1. The first kappa shape index (κ1) is 17.5. The molecule has 120 valence electrons. The Morgan fingerprint density at radius 1 is 1.09 bits per heavy atom. The molecule has 0 aliphatic rings. The Labute approximate surface area is 127 Å². The fourth-order valence-corrected chi connectivity index (χ4v) is 2.13. The van der Waals surface area contributed by atoms with Crippen LogP contribution in [-0.4, -0.2) is 38.8 Å². The molecule has 0 fully saturated rings. The molecule has 0 radical (unpaired) electrons. The average molecular weight is 310 g/mol. The fourth-order valence-electron chi connectivity index (χ4n) is 2.13. The van der Waals surface area contributed by atoms with Crippen molar-refractivity contribution in [2.24, 2.45) is 5.92 Å². The van der Waals surface area contributed by atoms with Crippen LogP contribution in [0.4, 0.5) is 0 Å². The quantitative estimate of drug-likeness (QED) is 0.595. The van der Waals surface area contributed by atoms with Crippen LogP contribution >= 0.6 is 0 Å². The maximum Gasteiger partial charge on any atom is 0.360 e. The van der Waals surface area contributed by atoms with Crippen molar-refractivity contribution in [2.75, 3.05) is 0 Å². The molecule has 1 atom stereocenters. The van der Waals surface area contributed by atoms with Crippen LogP contribution in [0.15, 0.2) is 30.3 Å². The van der Waals surface area contributed by atoms with Crippen LogP contribution in [0.2, 0.25) is 0 Å². The van der Waals surface area contributed by atoms with E-state index in [0.717, 1.165) is 0 Å². The summed E-state index contributed by atoms with van der Waals surface area (Å²) in [5, 5.41) is 28.1. The lowest BCUT2D eigenvalue weighted by atomic mass is 9.83. The molecule has 7 heteroatoms. The van der Waals surface area contributed by atoms with Gasteiger partial charge in [-0.25, -0.2) is 9.59 Å². The van der Waals surface area contributed by atoms with Crippen LogP contribution in [0.3, 0.4) is 0 Å². The molecule has 1 aromatic rings. The Kier molecular flexibility index (Phi) is 5.91. The Morgan fingerprint density at radius 2 is 1.64 bits per heavy atom. The van der Waals surface area contributed by atoms with Gasteiger partial charge in [0.15, 0.2) is 0 Å². The first-order chi connectivity index (χ1) is 10.4. The molecule has 0 heterocycles. The van der Waals surface area contributed by atoms with Crippen LogP contribution in [0.5, 0.6) is 5.75 Å². The van der Waals surface area contributed by atoms with E-state index < -0.39 is 29.4 Å². The van der Waals surface area contributed by atoms with Crippen molar-refractivity contribution < 1.29 is 34.4 Å². The minimum atomic E-state index is -2.87. The van der Waals surface area contributed by atoms with Gasteiger partial charge in [-0.15, -0.1) is 0 Å². The highest BCUT2D eigenvalue weighted by Gasteiger charge is 2.59. The number of aliphatic carboxylic acids is 3. The number of hydrogen-bond donors (Lipinski definition) is 3. The summed E-state index contributed by atoms with van der Waals surface area (Å²) in [6.45, 7) is 1.79. The summed E-state index contributed by atoms with van der Waals surface area (Å²) in [7, 11) is 0. The number of ether oxygens (including phenoxy) is 1. The molecule has 0 spiro atoms. The van der Waals surface area contributed by atoms with Crippen molar-refractivity contribution in [2.45, 2.75) is 31.8 Å². The van der Waals surface area contributed by atoms with E-state index in [9.17, 15) is 29.7 Å². The van der Waals surface area contributed by atoms with Crippen molar-refractivity contribution in [1.29, 1.82) is 0 Å². The molecule has 0 amide bonds. The third-order valence-corrected chi connectivity index (χ3v) is 3.29. The summed E-state index contributed by atoms with van der Waals surface area (Å²) in [4.78, 5) is 34.7. The average Bonchev–Trinajstić information content (AvgIpc) is 2.46. The highest BCUT2D eigenvalue weighted by Crippen LogP contribution is 2.30. The Bertz CT molecular complexity index is 524. The SMILES string of the molecule is CCCCC(C(=O)O)C(Oc1ccccc1)(C(=O)O)C(=O)O. The van der Waals surface area contributed by atoms with Gasteiger partial charge in [-0.2, -0.15) is 0 Å². The number of hydrogen-bond acceptors (Lipinski definition) is 4. The van der Waals surface area contributed by atoms with Gasteiger partial charge in [0, 0.05) is 0 Å². The summed E-state index contributed by atoms with van der Waals surface area (Å²) in [5.41, 5.74) is -2.87. The summed E-state index contributed by atoms with van der Waals surface area (Å²) in [6, 6.07) is 7.46. The zero-order chi connectivity index (χ0) is 16.8. The first-order valence-electron chi connectivity index (χ1n) is 6.79. The highest BCUT2D eigenvalue weighted by molar-refractivity contribution is 6.06. The second-order valence-corrected chi connectivity index (χ2v) is 4.79. The van der Waals surface area contributed by atoms with Gasteiger partial charge in [-0.05, 0) is 18.6 Å². The van der Waals surface area contributed by atoms with E-state index in [1.807, 2.05) is 0 Å². The molecule has 1 aromatic carbocycles. The van der Waals surface area contributed by atoms with Gasteiger partial charge in [0.1, 0.15) is 11.7 Å². The van der Waals surface area contributed by atoms with Crippen molar-refractivity contribution in [1.82, 2.24) is 0 Å². The van der Waals surface area contributed by atoms with Gasteiger partial charge >= 0.3 is 23.5 Å². The first-order valence-corrected chi connectivity index (χ1v) is 6.79. The summed E-state index contributed by atoms with van der Waals surface area (Å²) < 4.78 is 5.17. The van der Waals surface area contributed by atoms with Crippen LogP contribution in [0.1, 0.15) is 26.2 Å². The smallest absolute Gasteiger partial charge is 0.360 e. The van der Waals surface area contributed by atoms with Crippen molar-refractivity contribution in [3.05, 3.63) is 30.3 Å². The number of carboxylic acid groups (broad SMARTS) is 3. The van der Waals surface area contributed by atoms with Crippen LogP contribution in [0, 0.1) is 5.92 Å². The van der Waals surface area contributed by atoms with E-state index in [0.29, 0.717) is 12.8 Å². The van der Waals surface area contributed by atoms with Gasteiger partial charge in [0.2, 0.25) is 0 Å². The fraction of sp³-hybridized carbons (Fsp3) is 0.400. The molecule has 3 N–H and O–H groups in total. The normalized spacial score (nSPS) is 12.4. The molecule has 0 aliphatic heterocycles.